The van der Waals surface area contributed by atoms with Gasteiger partial charge in [0.25, 0.3) is 0 Å². The van der Waals surface area contributed by atoms with E-state index in [1.165, 1.54) is 10.4 Å². The third-order valence-corrected chi connectivity index (χ3v) is 15.0. The summed E-state index contributed by atoms with van der Waals surface area (Å²) in [6.45, 7) is 9.33. The number of rotatable bonds is 5. The number of nitrogens with zero attached hydrogens (tertiary/aromatic N) is 2. The molecule has 0 aliphatic carbocycles. The normalized spacial score (nSPS) is 16.9. The number of allylic oxidation sites excluding steroid dienone is 1. The van der Waals surface area contributed by atoms with Crippen LogP contribution in [0.5, 0.6) is 0 Å². The van der Waals surface area contributed by atoms with Gasteiger partial charge in [0.15, 0.2) is 8.07 Å². The zero-order chi connectivity index (χ0) is 26.0. The Bertz CT molecular complexity index is 1350. The van der Waals surface area contributed by atoms with Crippen molar-refractivity contribution in [2.45, 2.75) is 50.5 Å². The van der Waals surface area contributed by atoms with Gasteiger partial charge in [0, 0.05) is 18.3 Å². The van der Waals surface area contributed by atoms with Gasteiger partial charge in [-0.2, -0.15) is 9.57 Å². The highest BCUT2D eigenvalue weighted by atomic mass is 32.2. The van der Waals surface area contributed by atoms with Gasteiger partial charge in [0.05, 0.1) is 11.0 Å². The Morgan fingerprint density at radius 3 is 1.89 bits per heavy atom. The van der Waals surface area contributed by atoms with Crippen LogP contribution in [-0.4, -0.2) is 33.9 Å². The molecule has 1 fully saturated rings. The Labute approximate surface area is 217 Å². The quantitative estimate of drug-likeness (QED) is 0.347. The Morgan fingerprint density at radius 2 is 1.42 bits per heavy atom. The maximum Gasteiger partial charge on any atom is 0.243 e. The second kappa shape index (κ2) is 10.2. The van der Waals surface area contributed by atoms with Gasteiger partial charge < -0.3 is 0 Å². The molecule has 1 aliphatic rings. The van der Waals surface area contributed by atoms with Crippen molar-refractivity contribution < 1.29 is 8.42 Å². The fourth-order valence-corrected chi connectivity index (χ4v) is 12.8. The van der Waals surface area contributed by atoms with E-state index in [2.05, 4.69) is 51.1 Å². The first kappa shape index (κ1) is 26.1. The van der Waals surface area contributed by atoms with Gasteiger partial charge >= 0.3 is 0 Å². The van der Waals surface area contributed by atoms with Crippen LogP contribution in [0.4, 0.5) is 0 Å². The minimum Gasteiger partial charge on any atom is -0.207 e. The predicted octanol–water partition coefficient (Wildman–Crippen LogP) is 5.20. The van der Waals surface area contributed by atoms with Crippen LogP contribution < -0.4 is 10.4 Å². The molecule has 0 aromatic heterocycles. The Hall–Kier alpha value is -2.98. The van der Waals surface area contributed by atoms with E-state index in [-0.39, 0.29) is 11.6 Å². The van der Waals surface area contributed by atoms with Crippen molar-refractivity contribution in [1.82, 2.24) is 4.31 Å². The molecule has 0 unspecified atom stereocenters. The molecule has 36 heavy (non-hydrogen) atoms. The van der Waals surface area contributed by atoms with Crippen molar-refractivity contribution >= 4 is 28.5 Å². The molecule has 0 amide bonds. The van der Waals surface area contributed by atoms with E-state index < -0.39 is 18.1 Å². The van der Waals surface area contributed by atoms with Crippen molar-refractivity contribution in [2.75, 3.05) is 13.1 Å². The summed E-state index contributed by atoms with van der Waals surface area (Å²) in [5.41, 5.74) is 1.97. The van der Waals surface area contributed by atoms with Crippen LogP contribution in [0.15, 0.2) is 101 Å². The maximum absolute atomic E-state index is 13.6. The van der Waals surface area contributed by atoms with Crippen molar-refractivity contribution in [3.8, 4) is 6.07 Å². The third kappa shape index (κ3) is 4.59. The molecule has 0 atom stereocenters. The monoisotopic (exact) mass is 514 g/mol. The molecule has 1 heterocycles. The van der Waals surface area contributed by atoms with Gasteiger partial charge in [-0.25, -0.2) is 8.42 Å². The van der Waals surface area contributed by atoms with Crippen LogP contribution in [0, 0.1) is 18.3 Å². The highest BCUT2D eigenvalue weighted by Crippen LogP contribution is 2.42. The SMILES string of the molecule is Cc1ccc(S(=O)(=O)N2CCC/C(=C(/C#N)[Si](c3ccccc3)(c3ccccc3)C(C)(C)C)C2)cc1. The predicted molar refractivity (Wildman–Crippen MR) is 149 cm³/mol. The molecule has 0 radical (unpaired) electrons. The fourth-order valence-electron chi connectivity index (χ4n) is 5.61. The first-order valence-electron chi connectivity index (χ1n) is 12.4. The molecule has 4 nitrogen and oxygen atoms in total. The van der Waals surface area contributed by atoms with Crippen molar-refractivity contribution in [3.05, 3.63) is 101 Å². The van der Waals surface area contributed by atoms with Crippen molar-refractivity contribution in [3.63, 3.8) is 0 Å². The Kier molecular flexibility index (Phi) is 7.38. The van der Waals surface area contributed by atoms with E-state index in [0.29, 0.717) is 17.9 Å². The van der Waals surface area contributed by atoms with Crippen molar-refractivity contribution in [1.29, 1.82) is 5.26 Å². The molecule has 3 aromatic rings. The van der Waals surface area contributed by atoms with E-state index in [1.807, 2.05) is 55.5 Å². The molecule has 0 N–H and O–H groups in total. The average Bonchev–Trinajstić information content (AvgIpc) is 2.88. The maximum atomic E-state index is 13.6. The van der Waals surface area contributed by atoms with Crippen molar-refractivity contribution in [2.24, 2.45) is 0 Å². The van der Waals surface area contributed by atoms with Crippen LogP contribution in [-0.2, 0) is 10.0 Å². The highest BCUT2D eigenvalue weighted by molar-refractivity contribution is 7.89. The number of sulfonamides is 1. The number of hydrogen-bond donors (Lipinski definition) is 0. The van der Waals surface area contributed by atoms with Crippen LogP contribution >= 0.6 is 0 Å². The van der Waals surface area contributed by atoms with Gasteiger partial charge in [-0.15, -0.1) is 0 Å². The summed E-state index contributed by atoms with van der Waals surface area (Å²) in [7, 11) is -6.50. The number of hydrogen-bond acceptors (Lipinski definition) is 3. The molecule has 4 rings (SSSR count). The first-order valence-corrected chi connectivity index (χ1v) is 15.9. The minimum atomic E-state index is -3.66. The first-order chi connectivity index (χ1) is 17.1. The molecule has 0 saturated carbocycles. The minimum absolute atomic E-state index is 0.230. The second-order valence-electron chi connectivity index (χ2n) is 10.6. The van der Waals surface area contributed by atoms with Gasteiger partial charge in [-0.05, 0) is 52.9 Å². The topological polar surface area (TPSA) is 61.2 Å². The fraction of sp³-hybridized carbons (Fsp3) is 0.300. The second-order valence-corrected chi connectivity index (χ2v) is 17.2. The van der Waals surface area contributed by atoms with E-state index in [1.54, 1.807) is 16.4 Å². The molecular formula is C30H34N2O2SSi. The summed E-state index contributed by atoms with van der Waals surface area (Å²) in [6.07, 6.45) is 1.43. The molecular weight excluding hydrogens is 480 g/mol. The van der Waals surface area contributed by atoms with Gasteiger partial charge in [0.1, 0.15) is 0 Å². The lowest BCUT2D eigenvalue weighted by Gasteiger charge is -2.45. The Morgan fingerprint density at radius 1 is 0.889 bits per heavy atom. The van der Waals surface area contributed by atoms with E-state index >= 15 is 0 Å². The third-order valence-electron chi connectivity index (χ3n) is 7.29. The summed E-state index contributed by atoms with van der Waals surface area (Å²) < 4.78 is 28.7. The van der Waals surface area contributed by atoms with Gasteiger partial charge in [-0.3, -0.25) is 0 Å². The van der Waals surface area contributed by atoms with E-state index in [0.717, 1.165) is 22.8 Å². The van der Waals surface area contributed by atoms with E-state index in [4.69, 9.17) is 0 Å². The zero-order valence-corrected chi connectivity index (χ0v) is 23.3. The lowest BCUT2D eigenvalue weighted by Crippen LogP contribution is -2.66. The van der Waals surface area contributed by atoms with Crippen LogP contribution in [0.25, 0.3) is 0 Å². The highest BCUT2D eigenvalue weighted by Gasteiger charge is 2.52. The zero-order valence-electron chi connectivity index (χ0n) is 21.5. The molecule has 0 bridgehead atoms. The molecule has 1 saturated heterocycles. The summed E-state index contributed by atoms with van der Waals surface area (Å²) in [5, 5.41) is 13.7. The summed E-state index contributed by atoms with van der Waals surface area (Å²) >= 11 is 0. The Balaban J connectivity index is 1.93. The molecule has 0 spiro atoms. The lowest BCUT2D eigenvalue weighted by atomic mass is 10.1. The number of piperidine rings is 1. The number of nitriles is 1. The number of benzene rings is 3. The molecule has 186 valence electrons. The summed E-state index contributed by atoms with van der Waals surface area (Å²) in [6, 6.07) is 30.4. The smallest absolute Gasteiger partial charge is 0.207 e. The molecule has 6 heteroatoms. The summed E-state index contributed by atoms with van der Waals surface area (Å²) in [4.78, 5) is 0.304. The van der Waals surface area contributed by atoms with E-state index in [9.17, 15) is 13.7 Å². The van der Waals surface area contributed by atoms with Crippen LogP contribution in [0.3, 0.4) is 0 Å². The lowest BCUT2D eigenvalue weighted by molar-refractivity contribution is 0.394. The van der Waals surface area contributed by atoms with Gasteiger partial charge in [-0.1, -0.05) is 99.1 Å². The largest absolute Gasteiger partial charge is 0.243 e. The average molecular weight is 515 g/mol. The van der Waals surface area contributed by atoms with Crippen LogP contribution in [0.1, 0.15) is 39.2 Å². The van der Waals surface area contributed by atoms with Gasteiger partial charge in [0.2, 0.25) is 10.0 Å². The summed E-state index contributed by atoms with van der Waals surface area (Å²) in [5.74, 6) is 0. The number of aryl methyl sites for hydroxylation is 1. The standard InChI is InChI=1S/C30H34N2O2SSi/c1-24-17-19-26(20-18-24)35(33,34)32-21-11-12-25(23-32)29(22-31)36(30(2,3)4,27-13-7-5-8-14-27)28-15-9-6-10-16-28/h5-10,13-20H,11-12,21,23H2,1-4H3/b29-25+. The molecule has 3 aromatic carbocycles. The van der Waals surface area contributed by atoms with Crippen LogP contribution in [0.2, 0.25) is 5.04 Å². The molecule has 1 aliphatic heterocycles.